The number of unbranched alkanes of at least 4 members (excludes halogenated alkanes) is 10. The van der Waals surface area contributed by atoms with E-state index in [-0.39, 0.29) is 13.2 Å². The topological polar surface area (TPSA) is 159 Å². The first kappa shape index (κ1) is 67.6. The zero-order valence-electron chi connectivity index (χ0n) is 48.6. The normalized spacial score (nSPS) is 30.6. The molecular weight excluding hydrogens is 953 g/mol. The number of rotatable bonds is 47. The Morgan fingerprint density at radius 1 is 0.270 bits per heavy atom. The van der Waals surface area contributed by atoms with Crippen LogP contribution in [0.25, 0.3) is 0 Å². The van der Waals surface area contributed by atoms with E-state index in [1.54, 1.807) is 0 Å². The summed E-state index contributed by atoms with van der Waals surface area (Å²) in [6, 6.07) is 0. The summed E-state index contributed by atoms with van der Waals surface area (Å²) in [5.41, 5.74) is 0. The van der Waals surface area contributed by atoms with Gasteiger partial charge < -0.3 is 76.2 Å². The molecular formula is C58H112O16. The zero-order chi connectivity index (χ0) is 53.6. The van der Waals surface area contributed by atoms with E-state index in [4.69, 9.17) is 71.1 Å². The van der Waals surface area contributed by atoms with Crippen LogP contribution in [-0.2, 0) is 71.1 Å². The van der Waals surface area contributed by atoms with Crippen molar-refractivity contribution >= 4 is 0 Å². The molecule has 16 heteroatoms. The van der Waals surface area contributed by atoms with Gasteiger partial charge in [0.05, 0.1) is 19.8 Å². The molecule has 3 fully saturated rings. The number of hydrogen-bond donors (Lipinski definition) is 1. The van der Waals surface area contributed by atoms with Crippen LogP contribution in [0.1, 0.15) is 198 Å². The van der Waals surface area contributed by atoms with Gasteiger partial charge in [0.2, 0.25) is 0 Å². The lowest BCUT2D eigenvalue weighted by Crippen LogP contribution is -2.68. The van der Waals surface area contributed by atoms with Gasteiger partial charge >= 0.3 is 0 Å². The van der Waals surface area contributed by atoms with E-state index < -0.39 is 92.1 Å². The fraction of sp³-hybridized carbons (Fsp3) is 1.00. The fourth-order valence-corrected chi connectivity index (χ4v) is 9.10. The van der Waals surface area contributed by atoms with Crippen molar-refractivity contribution in [3.63, 3.8) is 0 Å². The summed E-state index contributed by atoms with van der Waals surface area (Å²) in [5, 5.41) is 11.7. The van der Waals surface area contributed by atoms with Gasteiger partial charge in [-0.15, -0.1) is 0 Å². The molecule has 74 heavy (non-hydrogen) atoms. The Hall–Kier alpha value is -0.640. The minimum atomic E-state index is -1.26. The van der Waals surface area contributed by atoms with Gasteiger partial charge in [-0.1, -0.05) is 133 Å². The second-order valence-electron chi connectivity index (χ2n) is 20.5. The van der Waals surface area contributed by atoms with Crippen molar-refractivity contribution in [1.82, 2.24) is 0 Å². The first-order valence-electron chi connectivity index (χ1n) is 30.3. The summed E-state index contributed by atoms with van der Waals surface area (Å²) >= 11 is 0. The van der Waals surface area contributed by atoms with Gasteiger partial charge in [-0.25, -0.2) is 0 Å². The predicted molar refractivity (Wildman–Crippen MR) is 288 cm³/mol. The van der Waals surface area contributed by atoms with Gasteiger partial charge in [0.15, 0.2) is 18.9 Å². The zero-order valence-corrected chi connectivity index (χ0v) is 48.6. The van der Waals surface area contributed by atoms with Gasteiger partial charge in [0.25, 0.3) is 0 Å². The van der Waals surface area contributed by atoms with E-state index in [2.05, 4.69) is 69.2 Å². The highest BCUT2D eigenvalue weighted by atomic mass is 16.8. The third-order valence-corrected chi connectivity index (χ3v) is 13.8. The Kier molecular flexibility index (Phi) is 39.5. The summed E-state index contributed by atoms with van der Waals surface area (Å²) in [5.74, 6) is 0. The number of aliphatic hydroxyl groups excluding tert-OH is 1. The number of aliphatic hydroxyl groups is 1. The van der Waals surface area contributed by atoms with Crippen molar-refractivity contribution in [3.8, 4) is 0 Å². The quantitative estimate of drug-likeness (QED) is 0.0573. The van der Waals surface area contributed by atoms with E-state index in [0.717, 1.165) is 128 Å². The van der Waals surface area contributed by atoms with Gasteiger partial charge in [-0.3, -0.25) is 0 Å². The molecule has 3 saturated heterocycles. The molecule has 3 rings (SSSR count). The summed E-state index contributed by atoms with van der Waals surface area (Å²) < 4.78 is 102. The molecule has 0 aromatic heterocycles. The van der Waals surface area contributed by atoms with Crippen LogP contribution in [0.4, 0.5) is 0 Å². The third-order valence-electron chi connectivity index (χ3n) is 13.8. The molecule has 0 aromatic rings. The third kappa shape index (κ3) is 24.4. The van der Waals surface area contributed by atoms with Crippen LogP contribution < -0.4 is 0 Å². The van der Waals surface area contributed by atoms with Crippen LogP contribution in [0, 0.1) is 0 Å². The largest absolute Gasteiger partial charge is 0.379 e. The second kappa shape index (κ2) is 43.2. The van der Waals surface area contributed by atoms with Crippen molar-refractivity contribution in [2.24, 2.45) is 0 Å². The van der Waals surface area contributed by atoms with E-state index >= 15 is 0 Å². The van der Waals surface area contributed by atoms with Gasteiger partial charge in [0.1, 0.15) is 73.2 Å². The molecule has 0 radical (unpaired) electrons. The van der Waals surface area contributed by atoms with Gasteiger partial charge in [-0.05, 0) is 64.2 Å². The molecule has 1 N–H and O–H groups in total. The summed E-state index contributed by atoms with van der Waals surface area (Å²) in [6.07, 6.45) is 6.74. The lowest BCUT2D eigenvalue weighted by Gasteiger charge is -2.51. The van der Waals surface area contributed by atoms with E-state index in [0.29, 0.717) is 72.7 Å². The van der Waals surface area contributed by atoms with Crippen molar-refractivity contribution in [1.29, 1.82) is 0 Å². The minimum Gasteiger partial charge on any atom is -0.379 e. The maximum absolute atomic E-state index is 11.7. The monoisotopic (exact) mass is 1060 g/mol. The molecule has 0 amide bonds. The molecule has 16 nitrogen and oxygen atoms in total. The average Bonchev–Trinajstić information content (AvgIpc) is 3.40. The van der Waals surface area contributed by atoms with Crippen molar-refractivity contribution in [2.45, 2.75) is 290 Å². The minimum absolute atomic E-state index is 0.170. The van der Waals surface area contributed by atoms with E-state index in [9.17, 15) is 5.11 Å². The molecule has 0 aromatic carbocycles. The van der Waals surface area contributed by atoms with E-state index in [1.165, 1.54) is 0 Å². The Labute approximate surface area is 450 Å². The Morgan fingerprint density at radius 3 is 0.851 bits per heavy atom. The maximum Gasteiger partial charge on any atom is 0.187 e. The van der Waals surface area contributed by atoms with Crippen molar-refractivity contribution in [3.05, 3.63) is 0 Å². The Balaban J connectivity index is 2.26. The first-order valence-corrected chi connectivity index (χ1v) is 30.3. The van der Waals surface area contributed by atoms with Crippen LogP contribution in [-0.4, -0.2) is 183 Å². The van der Waals surface area contributed by atoms with Crippen LogP contribution in [0.15, 0.2) is 0 Å². The Morgan fingerprint density at radius 2 is 0.514 bits per heavy atom. The first-order chi connectivity index (χ1) is 36.3. The van der Waals surface area contributed by atoms with Crippen LogP contribution in [0.2, 0.25) is 0 Å². The highest BCUT2D eigenvalue weighted by Gasteiger charge is 2.57. The highest BCUT2D eigenvalue weighted by molar-refractivity contribution is 4.99. The summed E-state index contributed by atoms with van der Waals surface area (Å²) in [6.45, 7) is 27.1. The number of ether oxygens (including phenoxy) is 15. The highest BCUT2D eigenvalue weighted by Crippen LogP contribution is 2.38. The fourth-order valence-electron chi connectivity index (χ4n) is 9.10. The molecule has 0 bridgehead atoms. The Bertz CT molecular complexity index is 1270. The van der Waals surface area contributed by atoms with Crippen molar-refractivity contribution in [2.75, 3.05) is 85.9 Å². The summed E-state index contributed by atoms with van der Waals surface area (Å²) in [7, 11) is 0. The number of hydrogen-bond acceptors (Lipinski definition) is 16. The smallest absolute Gasteiger partial charge is 0.187 e. The SMILES string of the molecule is CCCCOCC1O[C@@H](O)C(OCCCC)C(OCCCC)[C@@H]1O[C@@H]1OC(COCCCC)[C@H](O[C@H]2OC(COCCCC)[C@H](OCCCC)C(OCCCC)C2OCCCC)C(OCCCC)C1OCCCC. The van der Waals surface area contributed by atoms with Gasteiger partial charge in [0, 0.05) is 66.1 Å². The van der Waals surface area contributed by atoms with Crippen molar-refractivity contribution < 1.29 is 76.2 Å². The molecule has 440 valence electrons. The molecule has 0 spiro atoms. The van der Waals surface area contributed by atoms with Crippen LogP contribution in [0.3, 0.4) is 0 Å². The summed E-state index contributed by atoms with van der Waals surface area (Å²) in [4.78, 5) is 0. The predicted octanol–water partition coefficient (Wildman–Crippen LogP) is 10.7. The molecule has 15 atom stereocenters. The average molecular weight is 1070 g/mol. The standard InChI is InChI=1S/C58H112O16/c1-11-21-31-60-41-44-47(63-34-24-14-4)50(64-35-25-15-5)54(68-39-29-19-9)57(71-44)74-49-46(43-62-33-23-13-3)72-58(55(69-40-30-20-10)52(49)66-37-27-17-7)73-48-45(42-61-32-22-12-2)70-56(59)53(67-38-28-18-8)51(48)65-36-26-16-6/h44-59H,11-43H2,1-10H3/t44?,45?,46?,47-,48+,49-,50?,51?,52?,53?,54?,55?,56+,57+,58-/m0/s1. The molecule has 0 saturated carbocycles. The second-order valence-corrected chi connectivity index (χ2v) is 20.5. The maximum atomic E-state index is 11.7. The molecule has 3 heterocycles. The van der Waals surface area contributed by atoms with Gasteiger partial charge in [-0.2, -0.15) is 0 Å². The van der Waals surface area contributed by atoms with E-state index in [1.807, 2.05) is 0 Å². The lowest BCUT2D eigenvalue weighted by atomic mass is 9.95. The van der Waals surface area contributed by atoms with Crippen LogP contribution in [0.5, 0.6) is 0 Å². The molecule has 9 unspecified atom stereocenters. The lowest BCUT2D eigenvalue weighted by molar-refractivity contribution is -0.391. The molecule has 3 aliphatic rings. The molecule has 0 aliphatic carbocycles. The van der Waals surface area contributed by atoms with Crippen LogP contribution >= 0.6 is 0 Å². The molecule has 3 aliphatic heterocycles.